The number of nitrogens with one attached hydrogen (secondary N) is 1. The first-order valence-electron chi connectivity index (χ1n) is 11.1. The van der Waals surface area contributed by atoms with E-state index < -0.39 is 17.2 Å². The zero-order valence-corrected chi connectivity index (χ0v) is 19.3. The topological polar surface area (TPSA) is 112 Å². The van der Waals surface area contributed by atoms with Crippen molar-refractivity contribution < 1.29 is 28.3 Å². The molecule has 1 N–H and O–H groups in total. The van der Waals surface area contributed by atoms with Gasteiger partial charge in [0.1, 0.15) is 22.7 Å². The lowest BCUT2D eigenvalue weighted by atomic mass is 9.82. The van der Waals surface area contributed by atoms with E-state index in [4.69, 9.17) is 9.15 Å². The predicted molar refractivity (Wildman–Crippen MR) is 119 cm³/mol. The van der Waals surface area contributed by atoms with Gasteiger partial charge in [-0.25, -0.2) is 4.79 Å². The van der Waals surface area contributed by atoms with Gasteiger partial charge in [0, 0.05) is 51.3 Å². The van der Waals surface area contributed by atoms with Crippen LogP contribution in [0.3, 0.4) is 0 Å². The average molecular weight is 466 g/mol. The van der Waals surface area contributed by atoms with Gasteiger partial charge in [0.25, 0.3) is 5.91 Å². The third-order valence-electron chi connectivity index (χ3n) is 6.80. The first-order chi connectivity index (χ1) is 16.2. The van der Waals surface area contributed by atoms with E-state index in [0.29, 0.717) is 48.9 Å². The second-order valence-corrected chi connectivity index (χ2v) is 9.23. The number of hydrogen-bond donors (Lipinski definition) is 1. The number of urea groups is 1. The maximum Gasteiger partial charge on any atom is 0.319 e. The molecule has 10 heteroatoms. The number of carbonyl (C=O) groups excluding carboxylic acids is 4. The molecule has 3 aliphatic rings. The normalized spacial score (nSPS) is 21.4. The molecule has 5 amide bonds. The molecule has 5 rings (SSSR count). The Balaban J connectivity index is 1.46. The Morgan fingerprint density at radius 1 is 1.18 bits per heavy atom. The summed E-state index contributed by atoms with van der Waals surface area (Å²) < 4.78 is 11.4. The Morgan fingerprint density at radius 2 is 1.97 bits per heavy atom. The Kier molecular flexibility index (Phi) is 5.11. The summed E-state index contributed by atoms with van der Waals surface area (Å²) in [5.41, 5.74) is 0.842. The third kappa shape index (κ3) is 3.41. The highest BCUT2D eigenvalue weighted by atomic mass is 16.5. The lowest BCUT2D eigenvalue weighted by Gasteiger charge is -2.28. The van der Waals surface area contributed by atoms with E-state index in [9.17, 15) is 19.2 Å². The van der Waals surface area contributed by atoms with Crippen molar-refractivity contribution in [2.24, 2.45) is 0 Å². The Bertz CT molecular complexity index is 1220. The Labute approximate surface area is 196 Å². The second kappa shape index (κ2) is 7.89. The number of rotatable bonds is 4. The van der Waals surface area contributed by atoms with E-state index in [1.807, 2.05) is 6.07 Å². The van der Waals surface area contributed by atoms with Crippen LogP contribution in [0.1, 0.15) is 39.4 Å². The van der Waals surface area contributed by atoms with Gasteiger partial charge >= 0.3 is 6.03 Å². The highest BCUT2D eigenvalue weighted by molar-refractivity contribution is 6.09. The van der Waals surface area contributed by atoms with E-state index in [-0.39, 0.29) is 24.9 Å². The minimum Gasteiger partial charge on any atom is -0.497 e. The molecule has 1 fully saturated rings. The Morgan fingerprint density at radius 3 is 2.65 bits per heavy atom. The molecule has 34 heavy (non-hydrogen) atoms. The van der Waals surface area contributed by atoms with Gasteiger partial charge in [-0.3, -0.25) is 19.7 Å². The highest BCUT2D eigenvalue weighted by Gasteiger charge is 2.53. The van der Waals surface area contributed by atoms with Crippen LogP contribution in [0, 0.1) is 0 Å². The molecule has 0 aliphatic carbocycles. The molecular weight excluding hydrogens is 440 g/mol. The number of hydrogen-bond acceptors (Lipinski definition) is 6. The third-order valence-corrected chi connectivity index (χ3v) is 6.80. The van der Waals surface area contributed by atoms with Crippen molar-refractivity contribution in [3.63, 3.8) is 0 Å². The van der Waals surface area contributed by atoms with Crippen LogP contribution in [-0.4, -0.2) is 72.7 Å². The van der Waals surface area contributed by atoms with Gasteiger partial charge in [0.05, 0.1) is 20.1 Å². The molecular formula is C24H26N4O6. The average Bonchev–Trinajstić information content (AvgIpc) is 3.46. The monoisotopic (exact) mass is 466 g/mol. The number of nitrogens with zero attached hydrogens (tertiary/aromatic N) is 3. The first kappa shape index (κ1) is 22.0. The van der Waals surface area contributed by atoms with Gasteiger partial charge in [-0.05, 0) is 23.8 Å². The summed E-state index contributed by atoms with van der Waals surface area (Å²) in [4.78, 5) is 55.8. The number of imide groups is 1. The molecule has 1 aromatic carbocycles. The van der Waals surface area contributed by atoms with Crippen LogP contribution >= 0.6 is 0 Å². The molecule has 2 aromatic rings. The quantitative estimate of drug-likeness (QED) is 0.679. The fourth-order valence-electron chi connectivity index (χ4n) is 4.99. The zero-order chi connectivity index (χ0) is 24.2. The van der Waals surface area contributed by atoms with Crippen molar-refractivity contribution in [1.29, 1.82) is 0 Å². The van der Waals surface area contributed by atoms with Gasteiger partial charge in [-0.15, -0.1) is 0 Å². The van der Waals surface area contributed by atoms with Gasteiger partial charge < -0.3 is 23.9 Å². The first-order valence-corrected chi connectivity index (χ1v) is 11.1. The summed E-state index contributed by atoms with van der Waals surface area (Å²) in [5, 5.41) is 2.39. The number of furan rings is 1. The number of fused-ring (bicyclic) bond motifs is 2. The summed E-state index contributed by atoms with van der Waals surface area (Å²) in [5.74, 6) is 0.514. The van der Waals surface area contributed by atoms with Crippen molar-refractivity contribution in [3.8, 4) is 5.75 Å². The summed E-state index contributed by atoms with van der Waals surface area (Å²) >= 11 is 0. The van der Waals surface area contributed by atoms with E-state index in [1.165, 1.54) is 12.0 Å². The molecule has 0 bridgehead atoms. The number of methoxy groups -OCH3 is 1. The fraction of sp³-hybridized carbons (Fsp3) is 0.417. The molecule has 10 nitrogen and oxygen atoms in total. The van der Waals surface area contributed by atoms with Gasteiger partial charge in [-0.1, -0.05) is 6.07 Å². The number of ether oxygens (including phenoxy) is 1. The van der Waals surface area contributed by atoms with E-state index in [2.05, 4.69) is 5.32 Å². The molecule has 1 aromatic heterocycles. The van der Waals surface area contributed by atoms with E-state index in [1.54, 1.807) is 42.1 Å². The van der Waals surface area contributed by atoms with E-state index in [0.717, 1.165) is 11.1 Å². The van der Waals surface area contributed by atoms with Crippen molar-refractivity contribution >= 4 is 23.8 Å². The number of benzene rings is 1. The summed E-state index contributed by atoms with van der Waals surface area (Å²) in [6.45, 7) is 1.19. The zero-order valence-electron chi connectivity index (χ0n) is 19.3. The SMILES string of the molecule is COc1ccc2c(c1)C(=O)N(C[C@@]1(c3cc4c(o3)CCN(C(=O)N(C)C)C4)CC(=O)NC1=O)C2. The van der Waals surface area contributed by atoms with Crippen LogP contribution in [0.4, 0.5) is 4.79 Å². The standard InChI is InChI=1S/C24H26N4O6/c1-26(2)23(32)27-7-6-18-15(12-27)8-19(34-18)24(10-20(29)25-22(24)31)13-28-11-14-4-5-16(33-3)9-17(14)21(28)30/h4-5,8-9H,6-7,10-13H2,1-3H3,(H,25,29,31)/t24-/m1/s1. The predicted octanol–water partition coefficient (Wildman–Crippen LogP) is 1.27. The molecule has 3 aliphatic heterocycles. The number of amides is 5. The van der Waals surface area contributed by atoms with Gasteiger partial charge in [0.15, 0.2) is 0 Å². The lowest BCUT2D eigenvalue weighted by Crippen LogP contribution is -2.46. The minimum absolute atomic E-state index is 0.00708. The van der Waals surface area contributed by atoms with Crippen LogP contribution in [0.25, 0.3) is 0 Å². The molecule has 0 spiro atoms. The second-order valence-electron chi connectivity index (χ2n) is 9.23. The molecule has 0 unspecified atom stereocenters. The van der Waals surface area contributed by atoms with Crippen LogP contribution in [0.2, 0.25) is 0 Å². The summed E-state index contributed by atoms with van der Waals surface area (Å²) in [7, 11) is 4.93. The molecule has 4 heterocycles. The molecule has 1 atom stereocenters. The van der Waals surface area contributed by atoms with Gasteiger partial charge in [-0.2, -0.15) is 0 Å². The Hall–Kier alpha value is -3.82. The van der Waals surface area contributed by atoms with Crippen LogP contribution in [0.5, 0.6) is 5.75 Å². The van der Waals surface area contributed by atoms with Crippen LogP contribution in [-0.2, 0) is 34.5 Å². The maximum atomic E-state index is 13.2. The summed E-state index contributed by atoms with van der Waals surface area (Å²) in [6, 6.07) is 6.97. The van der Waals surface area contributed by atoms with Crippen molar-refractivity contribution in [3.05, 3.63) is 52.5 Å². The highest BCUT2D eigenvalue weighted by Crippen LogP contribution is 2.39. The molecule has 178 valence electrons. The number of carbonyl (C=O) groups is 4. The van der Waals surface area contributed by atoms with Crippen molar-refractivity contribution in [1.82, 2.24) is 20.0 Å². The molecule has 1 saturated heterocycles. The smallest absolute Gasteiger partial charge is 0.319 e. The van der Waals surface area contributed by atoms with Crippen LogP contribution < -0.4 is 10.1 Å². The summed E-state index contributed by atoms with van der Waals surface area (Å²) in [6.07, 6.45) is 0.399. The van der Waals surface area contributed by atoms with Gasteiger partial charge in [0.2, 0.25) is 11.8 Å². The van der Waals surface area contributed by atoms with Crippen molar-refractivity contribution in [2.45, 2.75) is 31.3 Å². The van der Waals surface area contributed by atoms with Crippen LogP contribution in [0.15, 0.2) is 28.7 Å². The molecule has 0 saturated carbocycles. The maximum absolute atomic E-state index is 13.2. The lowest BCUT2D eigenvalue weighted by molar-refractivity contribution is -0.127. The fourth-order valence-corrected chi connectivity index (χ4v) is 4.99. The van der Waals surface area contributed by atoms with Crippen molar-refractivity contribution in [2.75, 3.05) is 34.3 Å². The minimum atomic E-state index is -1.33. The molecule has 0 radical (unpaired) electrons. The largest absolute Gasteiger partial charge is 0.497 e. The van der Waals surface area contributed by atoms with E-state index >= 15 is 0 Å².